The molecule has 0 saturated heterocycles. The van der Waals surface area contributed by atoms with E-state index in [1.165, 1.54) is 22.7 Å². The van der Waals surface area contributed by atoms with Gasteiger partial charge in [0.25, 0.3) is 5.56 Å². The van der Waals surface area contributed by atoms with Crippen LogP contribution in [0.3, 0.4) is 0 Å². The molecule has 0 bridgehead atoms. The van der Waals surface area contributed by atoms with E-state index in [1.54, 1.807) is 30.3 Å². The summed E-state index contributed by atoms with van der Waals surface area (Å²) in [5.74, 6) is 0.397. The Kier molecular flexibility index (Phi) is 6.29. The molecule has 2 aromatic carbocycles. The smallest absolute Gasteiger partial charge is 0.269 e. The molecule has 35 heavy (non-hydrogen) atoms. The van der Waals surface area contributed by atoms with E-state index in [1.807, 2.05) is 45.9 Å². The summed E-state index contributed by atoms with van der Waals surface area (Å²) in [6.07, 6.45) is 2.58. The largest absolute Gasteiger partial charge is 0.438 e. The number of allylic oxidation sites excluding steroid dienone is 1. The van der Waals surface area contributed by atoms with Crippen LogP contribution in [-0.4, -0.2) is 17.8 Å². The molecule has 0 aliphatic rings. The molecule has 0 radical (unpaired) electrons. The molecule has 7 nitrogen and oxygen atoms in total. The molecule has 4 rings (SSSR count). The van der Waals surface area contributed by atoms with Crippen LogP contribution in [0, 0.1) is 39.0 Å². The molecule has 0 fully saturated rings. The fourth-order valence-corrected chi connectivity index (χ4v) is 4.72. The van der Waals surface area contributed by atoms with Crippen molar-refractivity contribution in [2.24, 2.45) is 0 Å². The molecule has 2 heterocycles. The van der Waals surface area contributed by atoms with Crippen molar-refractivity contribution < 1.29 is 13.2 Å². The van der Waals surface area contributed by atoms with Crippen molar-refractivity contribution in [1.29, 1.82) is 5.26 Å². The van der Waals surface area contributed by atoms with Gasteiger partial charge in [-0.1, -0.05) is 35.9 Å². The third-order valence-corrected chi connectivity index (χ3v) is 7.50. The number of ether oxygens (including phenoxy) is 1. The van der Waals surface area contributed by atoms with E-state index < -0.39 is 20.3 Å². The second-order valence-corrected chi connectivity index (χ2v) is 10.2. The first kappa shape index (κ1) is 23.9. The van der Waals surface area contributed by atoms with Gasteiger partial charge in [-0.05, 0) is 74.7 Å². The molecule has 0 saturated carbocycles. The van der Waals surface area contributed by atoms with Gasteiger partial charge < -0.3 is 4.74 Å². The van der Waals surface area contributed by atoms with E-state index in [0.717, 1.165) is 28.3 Å². The molecular formula is C27H23N3O4S. The summed E-state index contributed by atoms with van der Waals surface area (Å²) in [5.41, 5.74) is 3.12. The lowest BCUT2D eigenvalue weighted by molar-refractivity contribution is 0.457. The Morgan fingerprint density at radius 2 is 1.69 bits per heavy atom. The summed E-state index contributed by atoms with van der Waals surface area (Å²) in [4.78, 5) is 17.4. The van der Waals surface area contributed by atoms with Gasteiger partial charge in [-0.2, -0.15) is 10.2 Å². The van der Waals surface area contributed by atoms with E-state index in [-0.39, 0.29) is 16.3 Å². The van der Waals surface area contributed by atoms with Crippen LogP contribution in [0.1, 0.15) is 27.8 Å². The van der Waals surface area contributed by atoms with Crippen LogP contribution in [0.2, 0.25) is 0 Å². The highest BCUT2D eigenvalue weighted by Gasteiger charge is 2.24. The number of hydrogen-bond acceptors (Lipinski definition) is 6. The first-order chi connectivity index (χ1) is 16.6. The molecule has 4 aromatic rings. The van der Waals surface area contributed by atoms with Gasteiger partial charge in [0.15, 0.2) is 0 Å². The second kappa shape index (κ2) is 9.20. The summed E-state index contributed by atoms with van der Waals surface area (Å²) in [7, 11) is -4.18. The third kappa shape index (κ3) is 4.46. The van der Waals surface area contributed by atoms with Crippen molar-refractivity contribution in [3.8, 4) is 17.7 Å². The molecular weight excluding hydrogens is 462 g/mol. The predicted octanol–water partition coefficient (Wildman–Crippen LogP) is 5.06. The van der Waals surface area contributed by atoms with Crippen molar-refractivity contribution in [3.05, 3.63) is 104 Å². The van der Waals surface area contributed by atoms with Crippen LogP contribution in [0.25, 0.3) is 11.7 Å². The number of rotatable bonds is 5. The Balaban J connectivity index is 1.98. The van der Waals surface area contributed by atoms with Gasteiger partial charge in [0.05, 0.1) is 4.90 Å². The number of nitriles is 1. The van der Waals surface area contributed by atoms with Gasteiger partial charge in [-0.3, -0.25) is 9.20 Å². The maximum Gasteiger partial charge on any atom is 0.269 e. The molecule has 0 atom stereocenters. The lowest BCUT2D eigenvalue weighted by Gasteiger charge is -2.14. The van der Waals surface area contributed by atoms with Gasteiger partial charge in [-0.15, -0.1) is 0 Å². The first-order valence-corrected chi connectivity index (χ1v) is 12.3. The Morgan fingerprint density at radius 3 is 2.37 bits per heavy atom. The van der Waals surface area contributed by atoms with Crippen LogP contribution >= 0.6 is 0 Å². The van der Waals surface area contributed by atoms with Gasteiger partial charge in [0.1, 0.15) is 27.9 Å². The summed E-state index contributed by atoms with van der Waals surface area (Å²) in [6, 6.07) is 16.9. The summed E-state index contributed by atoms with van der Waals surface area (Å²) in [6.45, 7) is 7.44. The minimum atomic E-state index is -4.18. The quantitative estimate of drug-likeness (QED) is 0.366. The van der Waals surface area contributed by atoms with Gasteiger partial charge in [0.2, 0.25) is 15.7 Å². The molecule has 0 spiro atoms. The fourth-order valence-electron chi connectivity index (χ4n) is 3.58. The van der Waals surface area contributed by atoms with Gasteiger partial charge in [0, 0.05) is 6.20 Å². The molecule has 0 amide bonds. The number of sulfone groups is 1. The van der Waals surface area contributed by atoms with E-state index in [9.17, 15) is 18.5 Å². The highest BCUT2D eigenvalue weighted by molar-refractivity contribution is 7.95. The summed E-state index contributed by atoms with van der Waals surface area (Å²) < 4.78 is 33.8. The lowest BCUT2D eigenvalue weighted by Crippen LogP contribution is -2.20. The Bertz CT molecular complexity index is 1690. The summed E-state index contributed by atoms with van der Waals surface area (Å²) >= 11 is 0. The Morgan fingerprint density at radius 1 is 1.00 bits per heavy atom. The zero-order valence-electron chi connectivity index (χ0n) is 19.7. The summed E-state index contributed by atoms with van der Waals surface area (Å²) in [5, 5.41) is 9.78. The monoisotopic (exact) mass is 485 g/mol. The maximum atomic E-state index is 13.5. The van der Waals surface area contributed by atoms with Crippen LogP contribution < -0.4 is 10.3 Å². The highest BCUT2D eigenvalue weighted by Crippen LogP contribution is 2.30. The van der Waals surface area contributed by atoms with Crippen molar-refractivity contribution in [1.82, 2.24) is 9.38 Å². The number of hydrogen-bond donors (Lipinski definition) is 0. The van der Waals surface area contributed by atoms with Crippen LogP contribution in [0.15, 0.2) is 75.4 Å². The number of aromatic nitrogens is 2. The number of nitrogens with zero attached hydrogens (tertiary/aromatic N) is 3. The van der Waals surface area contributed by atoms with Gasteiger partial charge >= 0.3 is 0 Å². The normalized spacial score (nSPS) is 11.9. The van der Waals surface area contributed by atoms with Crippen LogP contribution in [0.5, 0.6) is 11.6 Å². The van der Waals surface area contributed by atoms with Crippen LogP contribution in [0.4, 0.5) is 0 Å². The fraction of sp³-hybridized carbons (Fsp3) is 0.148. The number of pyridine rings is 1. The van der Waals surface area contributed by atoms with E-state index in [2.05, 4.69) is 4.98 Å². The van der Waals surface area contributed by atoms with E-state index >= 15 is 0 Å². The maximum absolute atomic E-state index is 13.5. The molecule has 176 valence electrons. The average Bonchev–Trinajstić information content (AvgIpc) is 2.82. The van der Waals surface area contributed by atoms with E-state index in [4.69, 9.17) is 4.74 Å². The average molecular weight is 486 g/mol. The third-order valence-electron chi connectivity index (χ3n) is 5.82. The Hall–Kier alpha value is -4.22. The number of aryl methyl sites for hydroxylation is 3. The molecule has 0 aliphatic heterocycles. The highest BCUT2D eigenvalue weighted by atomic mass is 32.2. The number of benzene rings is 2. The molecule has 2 aromatic heterocycles. The van der Waals surface area contributed by atoms with E-state index in [0.29, 0.717) is 11.4 Å². The topological polar surface area (TPSA) is 102 Å². The van der Waals surface area contributed by atoms with Crippen LogP contribution in [-0.2, 0) is 9.84 Å². The van der Waals surface area contributed by atoms with Crippen molar-refractivity contribution in [2.45, 2.75) is 32.6 Å². The minimum absolute atomic E-state index is 0.0439. The standard InChI is InChI=1S/C27H23N3O4S/c1-17-10-12-21(13-11-17)35(32,33)22(16-28)15-23-26(34-24-9-5-7-18(2)20(24)4)29-25-19(3)8-6-14-30(25)27(23)31/h5-15H,1-4H3/b22-15+. The first-order valence-electron chi connectivity index (χ1n) is 10.8. The zero-order valence-corrected chi connectivity index (χ0v) is 20.6. The molecule has 0 N–H and O–H groups in total. The lowest BCUT2D eigenvalue weighted by atomic mass is 10.1. The number of fused-ring (bicyclic) bond motifs is 1. The van der Waals surface area contributed by atoms with Gasteiger partial charge in [-0.25, -0.2) is 8.42 Å². The second-order valence-electron chi connectivity index (χ2n) is 8.26. The molecule has 8 heteroatoms. The SMILES string of the molecule is Cc1ccc(S(=O)(=O)/C(C#N)=C/c2c(Oc3cccc(C)c3C)nc3c(C)cccn3c2=O)cc1. The van der Waals surface area contributed by atoms with Crippen molar-refractivity contribution in [3.63, 3.8) is 0 Å². The molecule has 0 unspecified atom stereocenters. The Labute approximate surface area is 203 Å². The minimum Gasteiger partial charge on any atom is -0.438 e. The van der Waals surface area contributed by atoms with Crippen molar-refractivity contribution >= 4 is 21.6 Å². The zero-order chi connectivity index (χ0) is 25.3. The molecule has 0 aliphatic carbocycles. The predicted molar refractivity (Wildman–Crippen MR) is 134 cm³/mol. The van der Waals surface area contributed by atoms with Crippen molar-refractivity contribution in [2.75, 3.05) is 0 Å².